The van der Waals surface area contributed by atoms with E-state index in [0.717, 1.165) is 0 Å². The van der Waals surface area contributed by atoms with Crippen LogP contribution in [0.5, 0.6) is 17.2 Å². The maximum atomic E-state index is 5.46. The second-order valence-corrected chi connectivity index (χ2v) is 5.43. The molecule has 8 nitrogen and oxygen atoms in total. The number of aromatic amines is 1. The summed E-state index contributed by atoms with van der Waals surface area (Å²) in [7, 11) is 4.67. The van der Waals surface area contributed by atoms with E-state index in [1.807, 2.05) is 24.3 Å². The number of nitrogens with one attached hydrogen (secondary N) is 1. The van der Waals surface area contributed by atoms with Crippen LogP contribution in [-0.2, 0) is 0 Å². The van der Waals surface area contributed by atoms with Crippen LogP contribution in [0, 0.1) is 4.77 Å². The van der Waals surface area contributed by atoms with Crippen molar-refractivity contribution in [3.05, 3.63) is 46.9 Å². The first-order valence-electron chi connectivity index (χ1n) is 7.61. The maximum Gasteiger partial charge on any atom is 0.216 e. The first kappa shape index (κ1) is 17.6. The van der Waals surface area contributed by atoms with Crippen LogP contribution in [0.15, 0.2) is 41.6 Å². The standard InChI is InChI=1S/C17H17N5O3S/c1-23-13-8-7-11(14(24-2)15(13)25-3)10-19-22-16(20-21-17(22)26)12-6-4-5-9-18-12/h4-10H,1-3H3,(H,21,26)/b19-10-. The second-order valence-electron chi connectivity index (χ2n) is 5.05. The Morgan fingerprint density at radius 3 is 2.54 bits per heavy atom. The molecule has 0 aliphatic rings. The summed E-state index contributed by atoms with van der Waals surface area (Å²) in [5.74, 6) is 2.06. The lowest BCUT2D eigenvalue weighted by atomic mass is 10.2. The topological polar surface area (TPSA) is 86.6 Å². The Labute approximate surface area is 155 Å². The van der Waals surface area contributed by atoms with Gasteiger partial charge in [-0.1, -0.05) is 6.07 Å². The zero-order valence-electron chi connectivity index (χ0n) is 14.5. The summed E-state index contributed by atoms with van der Waals surface area (Å²) in [4.78, 5) is 4.28. The SMILES string of the molecule is COc1ccc(/C=N\n2c(-c3ccccn3)n[nH]c2=S)c(OC)c1OC. The number of nitrogens with zero attached hydrogens (tertiary/aromatic N) is 4. The highest BCUT2D eigenvalue weighted by atomic mass is 32.1. The first-order chi connectivity index (χ1) is 12.7. The molecule has 0 fully saturated rings. The van der Waals surface area contributed by atoms with Crippen molar-refractivity contribution in [2.75, 3.05) is 21.3 Å². The molecule has 0 radical (unpaired) electrons. The summed E-state index contributed by atoms with van der Waals surface area (Å²) in [5, 5.41) is 11.4. The van der Waals surface area contributed by atoms with E-state index in [1.54, 1.807) is 39.8 Å². The Balaban J connectivity index is 2.05. The predicted molar refractivity (Wildman–Crippen MR) is 99.7 cm³/mol. The van der Waals surface area contributed by atoms with Gasteiger partial charge in [0.2, 0.25) is 16.3 Å². The number of pyridine rings is 1. The lowest BCUT2D eigenvalue weighted by molar-refractivity contribution is 0.324. The van der Waals surface area contributed by atoms with Crippen LogP contribution < -0.4 is 14.2 Å². The summed E-state index contributed by atoms with van der Waals surface area (Å²) in [6, 6.07) is 9.11. The Kier molecular flexibility index (Phi) is 5.28. The van der Waals surface area contributed by atoms with Crippen molar-refractivity contribution in [3.8, 4) is 28.8 Å². The maximum absolute atomic E-state index is 5.46. The minimum absolute atomic E-state index is 0.348. The molecular weight excluding hydrogens is 354 g/mol. The van der Waals surface area contributed by atoms with Gasteiger partial charge in [0, 0.05) is 11.8 Å². The molecule has 3 rings (SSSR count). The van der Waals surface area contributed by atoms with Gasteiger partial charge in [0.05, 0.1) is 27.5 Å². The van der Waals surface area contributed by atoms with Gasteiger partial charge >= 0.3 is 0 Å². The van der Waals surface area contributed by atoms with E-state index in [1.165, 1.54) is 4.68 Å². The molecule has 2 aromatic heterocycles. The fourth-order valence-corrected chi connectivity index (χ4v) is 2.58. The third-order valence-electron chi connectivity index (χ3n) is 3.59. The van der Waals surface area contributed by atoms with Crippen molar-refractivity contribution in [1.82, 2.24) is 19.9 Å². The molecule has 0 spiro atoms. The Bertz CT molecular complexity index is 982. The molecule has 0 saturated heterocycles. The van der Waals surface area contributed by atoms with Gasteiger partial charge in [0.1, 0.15) is 5.69 Å². The van der Waals surface area contributed by atoms with Crippen LogP contribution in [0.4, 0.5) is 0 Å². The molecule has 0 unspecified atom stereocenters. The van der Waals surface area contributed by atoms with E-state index in [2.05, 4.69) is 20.3 Å². The largest absolute Gasteiger partial charge is 0.493 e. The van der Waals surface area contributed by atoms with Crippen LogP contribution in [0.1, 0.15) is 5.56 Å². The minimum Gasteiger partial charge on any atom is -0.493 e. The number of ether oxygens (including phenoxy) is 3. The molecule has 1 aromatic carbocycles. The smallest absolute Gasteiger partial charge is 0.216 e. The number of hydrogen-bond acceptors (Lipinski definition) is 7. The highest BCUT2D eigenvalue weighted by Gasteiger charge is 2.15. The summed E-state index contributed by atoms with van der Waals surface area (Å²) >= 11 is 5.27. The number of H-pyrrole nitrogens is 1. The molecule has 0 bridgehead atoms. The van der Waals surface area contributed by atoms with Gasteiger partial charge in [-0.15, -0.1) is 0 Å². The average molecular weight is 371 g/mol. The lowest BCUT2D eigenvalue weighted by Gasteiger charge is -2.13. The molecular formula is C17H17N5O3S. The summed E-state index contributed by atoms with van der Waals surface area (Å²) in [6.07, 6.45) is 3.29. The molecule has 0 aliphatic heterocycles. The summed E-state index contributed by atoms with van der Waals surface area (Å²) in [5.41, 5.74) is 1.34. The third-order valence-corrected chi connectivity index (χ3v) is 3.86. The zero-order chi connectivity index (χ0) is 18.5. The van der Waals surface area contributed by atoms with Crippen molar-refractivity contribution in [2.45, 2.75) is 0 Å². The normalized spacial score (nSPS) is 10.9. The van der Waals surface area contributed by atoms with Crippen molar-refractivity contribution < 1.29 is 14.2 Å². The summed E-state index contributed by atoms with van der Waals surface area (Å²) in [6.45, 7) is 0. The zero-order valence-corrected chi connectivity index (χ0v) is 15.3. The number of rotatable bonds is 6. The first-order valence-corrected chi connectivity index (χ1v) is 8.02. The van der Waals surface area contributed by atoms with Crippen molar-refractivity contribution >= 4 is 18.4 Å². The molecule has 0 amide bonds. The molecule has 9 heteroatoms. The molecule has 0 saturated carbocycles. The predicted octanol–water partition coefficient (Wildman–Crippen LogP) is 2.91. The Hall–Kier alpha value is -3.20. The molecule has 2 heterocycles. The van der Waals surface area contributed by atoms with E-state index in [4.69, 9.17) is 26.4 Å². The van der Waals surface area contributed by atoms with Crippen LogP contribution in [0.3, 0.4) is 0 Å². The van der Waals surface area contributed by atoms with Crippen molar-refractivity contribution in [2.24, 2.45) is 5.10 Å². The molecule has 134 valence electrons. The third kappa shape index (κ3) is 3.29. The molecule has 0 aliphatic carbocycles. The summed E-state index contributed by atoms with van der Waals surface area (Å²) < 4.78 is 18.0. The van der Waals surface area contributed by atoms with Crippen molar-refractivity contribution in [1.29, 1.82) is 0 Å². The number of methoxy groups -OCH3 is 3. The van der Waals surface area contributed by atoms with Gasteiger partial charge in [-0.25, -0.2) is 5.10 Å². The number of hydrogen-bond donors (Lipinski definition) is 1. The van der Waals surface area contributed by atoms with Gasteiger partial charge in [-0.2, -0.15) is 14.9 Å². The highest BCUT2D eigenvalue weighted by Crippen LogP contribution is 2.39. The van der Waals surface area contributed by atoms with Gasteiger partial charge in [0.25, 0.3) is 0 Å². The van der Waals surface area contributed by atoms with Gasteiger partial charge in [-0.3, -0.25) is 4.98 Å². The fourth-order valence-electron chi connectivity index (χ4n) is 2.41. The van der Waals surface area contributed by atoms with E-state index in [0.29, 0.717) is 39.1 Å². The molecule has 3 aromatic rings. The number of aromatic nitrogens is 4. The molecule has 26 heavy (non-hydrogen) atoms. The highest BCUT2D eigenvalue weighted by molar-refractivity contribution is 7.71. The van der Waals surface area contributed by atoms with Crippen molar-refractivity contribution in [3.63, 3.8) is 0 Å². The average Bonchev–Trinajstić information content (AvgIpc) is 3.06. The van der Waals surface area contributed by atoms with Gasteiger partial charge in [0.15, 0.2) is 11.5 Å². The molecule has 0 atom stereocenters. The van der Waals surface area contributed by atoms with E-state index in [9.17, 15) is 0 Å². The second kappa shape index (κ2) is 7.79. The number of benzene rings is 1. The lowest BCUT2D eigenvalue weighted by Crippen LogP contribution is -2.00. The van der Waals surface area contributed by atoms with E-state index in [-0.39, 0.29) is 0 Å². The quantitative estimate of drug-likeness (QED) is 0.530. The van der Waals surface area contributed by atoms with E-state index >= 15 is 0 Å². The van der Waals surface area contributed by atoms with Gasteiger partial charge < -0.3 is 14.2 Å². The van der Waals surface area contributed by atoms with Crippen LogP contribution in [0.25, 0.3) is 11.5 Å². The Morgan fingerprint density at radius 1 is 1.08 bits per heavy atom. The van der Waals surface area contributed by atoms with E-state index < -0.39 is 0 Å². The van der Waals surface area contributed by atoms with Gasteiger partial charge in [-0.05, 0) is 36.5 Å². The minimum atomic E-state index is 0.348. The Morgan fingerprint density at radius 2 is 1.88 bits per heavy atom. The van der Waals surface area contributed by atoms with Crippen LogP contribution in [-0.4, -0.2) is 47.4 Å². The van der Waals surface area contributed by atoms with Crippen LogP contribution in [0.2, 0.25) is 0 Å². The fraction of sp³-hybridized carbons (Fsp3) is 0.176. The van der Waals surface area contributed by atoms with Crippen LogP contribution >= 0.6 is 12.2 Å². The monoisotopic (exact) mass is 371 g/mol. The molecule has 1 N–H and O–H groups in total.